The molecule has 0 saturated heterocycles. The number of hydrogen-bond donors (Lipinski definition) is 1. The van der Waals surface area contributed by atoms with Gasteiger partial charge in [-0.3, -0.25) is 0 Å². The summed E-state index contributed by atoms with van der Waals surface area (Å²) in [6, 6.07) is 2.70. The first kappa shape index (κ1) is 11.6. The number of aryl methyl sites for hydroxylation is 1. The zero-order chi connectivity index (χ0) is 12.7. The Balaban J connectivity index is 2.82. The third-order valence-corrected chi connectivity index (χ3v) is 2.96. The van der Waals surface area contributed by atoms with Crippen LogP contribution in [0.15, 0.2) is 18.3 Å². The third-order valence-electron chi connectivity index (χ3n) is 2.96. The first-order valence-corrected chi connectivity index (χ1v) is 5.43. The number of carbonyl (C=O) groups is 1. The van der Waals surface area contributed by atoms with Crippen LogP contribution in [0.4, 0.5) is 4.39 Å². The molecule has 0 unspecified atom stereocenters. The van der Waals surface area contributed by atoms with Gasteiger partial charge in [-0.1, -0.05) is 13.8 Å². The molecule has 0 aliphatic carbocycles. The number of aromatic nitrogens is 1. The average molecular weight is 235 g/mol. The van der Waals surface area contributed by atoms with Crippen molar-refractivity contribution in [2.45, 2.75) is 19.8 Å². The molecule has 3 nitrogen and oxygen atoms in total. The lowest BCUT2D eigenvalue weighted by Gasteiger charge is -2.04. The maximum atomic E-state index is 13.6. The molecule has 0 aliphatic heterocycles. The van der Waals surface area contributed by atoms with E-state index in [9.17, 15) is 9.18 Å². The number of aromatic carboxylic acids is 1. The van der Waals surface area contributed by atoms with E-state index in [-0.39, 0.29) is 11.5 Å². The Bertz CT molecular complexity index is 599. The van der Waals surface area contributed by atoms with Crippen molar-refractivity contribution in [1.29, 1.82) is 0 Å². The predicted octanol–water partition coefficient (Wildman–Crippen LogP) is 3.14. The lowest BCUT2D eigenvalue weighted by atomic mass is 10.0. The summed E-state index contributed by atoms with van der Waals surface area (Å²) >= 11 is 0. The molecule has 2 aromatic rings. The lowest BCUT2D eigenvalue weighted by Crippen LogP contribution is -2.00. The van der Waals surface area contributed by atoms with Crippen molar-refractivity contribution in [2.24, 2.45) is 7.05 Å². The van der Waals surface area contributed by atoms with Gasteiger partial charge in [0.15, 0.2) is 0 Å². The van der Waals surface area contributed by atoms with Crippen molar-refractivity contribution in [1.82, 2.24) is 4.57 Å². The molecule has 1 N–H and O–H groups in total. The summed E-state index contributed by atoms with van der Waals surface area (Å²) < 4.78 is 15.4. The van der Waals surface area contributed by atoms with Gasteiger partial charge in [0, 0.05) is 18.6 Å². The second-order valence-corrected chi connectivity index (χ2v) is 4.50. The van der Waals surface area contributed by atoms with Crippen molar-refractivity contribution in [3.63, 3.8) is 0 Å². The van der Waals surface area contributed by atoms with Crippen LogP contribution >= 0.6 is 0 Å². The van der Waals surface area contributed by atoms with E-state index in [2.05, 4.69) is 0 Å². The topological polar surface area (TPSA) is 42.2 Å². The van der Waals surface area contributed by atoms with Gasteiger partial charge in [0.2, 0.25) is 0 Å². The molecule has 0 amide bonds. The maximum Gasteiger partial charge on any atom is 0.338 e. The molecule has 4 heteroatoms. The highest BCUT2D eigenvalue weighted by Crippen LogP contribution is 2.29. The highest BCUT2D eigenvalue weighted by molar-refractivity contribution is 5.95. The Morgan fingerprint density at radius 1 is 1.41 bits per heavy atom. The molecule has 0 bridgehead atoms. The van der Waals surface area contributed by atoms with E-state index in [0.717, 1.165) is 16.5 Å². The number of carboxylic acid groups (broad SMARTS) is 1. The molecule has 90 valence electrons. The summed E-state index contributed by atoms with van der Waals surface area (Å²) in [7, 11) is 1.83. The van der Waals surface area contributed by atoms with E-state index in [4.69, 9.17) is 5.11 Å². The normalized spacial score (nSPS) is 11.4. The van der Waals surface area contributed by atoms with Crippen molar-refractivity contribution in [3.8, 4) is 0 Å². The molecular weight excluding hydrogens is 221 g/mol. The first-order valence-electron chi connectivity index (χ1n) is 5.43. The SMILES string of the molecule is CC(C)c1cn(C)c2cc(F)c(C(=O)O)cc12. The first-order chi connectivity index (χ1) is 7.91. The molecule has 2 rings (SSSR count). The minimum absolute atomic E-state index is 0.269. The Labute approximate surface area is 98.5 Å². The third kappa shape index (κ3) is 1.79. The minimum atomic E-state index is -1.23. The molecule has 0 radical (unpaired) electrons. The molecule has 0 atom stereocenters. The van der Waals surface area contributed by atoms with Crippen LogP contribution in [0.2, 0.25) is 0 Å². The number of benzene rings is 1. The van der Waals surface area contributed by atoms with Gasteiger partial charge in [-0.05, 0) is 23.6 Å². The Morgan fingerprint density at radius 3 is 2.59 bits per heavy atom. The summed E-state index contributed by atoms with van der Waals surface area (Å²) in [6.07, 6.45) is 1.92. The number of carboxylic acids is 1. The largest absolute Gasteiger partial charge is 0.478 e. The minimum Gasteiger partial charge on any atom is -0.478 e. The molecule has 1 aromatic carbocycles. The smallest absolute Gasteiger partial charge is 0.338 e. The summed E-state index contributed by atoms with van der Waals surface area (Å²) in [5, 5.41) is 9.72. The molecule has 0 aliphatic rings. The predicted molar refractivity (Wildman–Crippen MR) is 63.9 cm³/mol. The van der Waals surface area contributed by atoms with Gasteiger partial charge >= 0.3 is 5.97 Å². The van der Waals surface area contributed by atoms with Crippen molar-refractivity contribution < 1.29 is 14.3 Å². The molecule has 0 saturated carbocycles. The van der Waals surface area contributed by atoms with Gasteiger partial charge in [0.25, 0.3) is 0 Å². The van der Waals surface area contributed by atoms with E-state index in [0.29, 0.717) is 0 Å². The highest BCUT2D eigenvalue weighted by Gasteiger charge is 2.16. The molecule has 0 fully saturated rings. The zero-order valence-corrected chi connectivity index (χ0v) is 9.99. The second kappa shape index (κ2) is 3.87. The summed E-state index contributed by atoms with van der Waals surface area (Å²) in [6.45, 7) is 4.05. The fourth-order valence-corrected chi connectivity index (χ4v) is 2.06. The fourth-order valence-electron chi connectivity index (χ4n) is 2.06. The van der Waals surface area contributed by atoms with Crippen LogP contribution in [0.25, 0.3) is 10.9 Å². The standard InChI is InChI=1S/C13H14FNO2/c1-7(2)10-6-15(3)12-5-11(14)9(13(16)17)4-8(10)12/h4-7H,1-3H3,(H,16,17). The van der Waals surface area contributed by atoms with Crippen LogP contribution in [0, 0.1) is 5.82 Å². The highest BCUT2D eigenvalue weighted by atomic mass is 19.1. The summed E-state index contributed by atoms with van der Waals surface area (Å²) in [5.74, 6) is -1.66. The van der Waals surface area contributed by atoms with Crippen LogP contribution in [0.3, 0.4) is 0 Å². The Morgan fingerprint density at radius 2 is 2.06 bits per heavy atom. The Hall–Kier alpha value is -1.84. The van der Waals surface area contributed by atoms with Crippen LogP contribution in [0.1, 0.15) is 35.7 Å². The van der Waals surface area contributed by atoms with Gasteiger partial charge in [0.1, 0.15) is 5.82 Å². The maximum absolute atomic E-state index is 13.6. The Kier molecular flexibility index (Phi) is 2.65. The quantitative estimate of drug-likeness (QED) is 0.868. The average Bonchev–Trinajstić information content (AvgIpc) is 2.55. The molecule has 17 heavy (non-hydrogen) atoms. The van der Waals surface area contributed by atoms with Crippen LogP contribution < -0.4 is 0 Å². The van der Waals surface area contributed by atoms with Crippen LogP contribution in [-0.2, 0) is 7.05 Å². The van der Waals surface area contributed by atoms with E-state index in [1.807, 2.05) is 31.7 Å². The van der Waals surface area contributed by atoms with Crippen LogP contribution in [0.5, 0.6) is 0 Å². The molecular formula is C13H14FNO2. The number of rotatable bonds is 2. The second-order valence-electron chi connectivity index (χ2n) is 4.50. The fraction of sp³-hybridized carbons (Fsp3) is 0.308. The van der Waals surface area contributed by atoms with Gasteiger partial charge in [-0.2, -0.15) is 0 Å². The van der Waals surface area contributed by atoms with Crippen molar-refractivity contribution in [3.05, 3.63) is 35.3 Å². The van der Waals surface area contributed by atoms with Gasteiger partial charge in [-0.15, -0.1) is 0 Å². The molecule has 1 aromatic heterocycles. The number of nitrogens with zero attached hydrogens (tertiary/aromatic N) is 1. The van der Waals surface area contributed by atoms with Crippen molar-refractivity contribution >= 4 is 16.9 Å². The van der Waals surface area contributed by atoms with E-state index >= 15 is 0 Å². The van der Waals surface area contributed by atoms with E-state index in [1.165, 1.54) is 12.1 Å². The number of hydrogen-bond acceptors (Lipinski definition) is 1. The summed E-state index contributed by atoms with van der Waals surface area (Å²) in [5.41, 5.74) is 1.48. The zero-order valence-electron chi connectivity index (χ0n) is 9.99. The van der Waals surface area contributed by atoms with Gasteiger partial charge in [-0.25, -0.2) is 9.18 Å². The van der Waals surface area contributed by atoms with Crippen LogP contribution in [-0.4, -0.2) is 15.6 Å². The molecule has 0 spiro atoms. The lowest BCUT2D eigenvalue weighted by molar-refractivity contribution is 0.0692. The van der Waals surface area contributed by atoms with Crippen molar-refractivity contribution in [2.75, 3.05) is 0 Å². The number of fused-ring (bicyclic) bond motifs is 1. The van der Waals surface area contributed by atoms with E-state index < -0.39 is 11.8 Å². The summed E-state index contributed by atoms with van der Waals surface area (Å²) in [4.78, 5) is 10.9. The monoisotopic (exact) mass is 235 g/mol. The number of halogens is 1. The van der Waals surface area contributed by atoms with Gasteiger partial charge in [0.05, 0.1) is 11.1 Å². The molecule has 1 heterocycles. The van der Waals surface area contributed by atoms with E-state index in [1.54, 1.807) is 0 Å². The van der Waals surface area contributed by atoms with Gasteiger partial charge < -0.3 is 9.67 Å².